The molecule has 0 radical (unpaired) electrons. The Labute approximate surface area is 146 Å². The third-order valence-electron chi connectivity index (χ3n) is 3.38. The summed E-state index contributed by atoms with van der Waals surface area (Å²) in [5.41, 5.74) is 7.47. The third kappa shape index (κ3) is 5.75. The summed E-state index contributed by atoms with van der Waals surface area (Å²) in [6, 6.07) is 11.1. The molecule has 0 aliphatic rings. The van der Waals surface area contributed by atoms with E-state index in [1.165, 1.54) is 25.3 Å². The van der Waals surface area contributed by atoms with Crippen LogP contribution < -0.4 is 15.8 Å². The first-order valence-electron chi connectivity index (χ1n) is 7.43. The maximum absolute atomic E-state index is 13.5. The van der Waals surface area contributed by atoms with Crippen LogP contribution >= 0.6 is 0 Å². The standard InChI is InChI=1S/C17H20FN3O3S/c1-24-16-6-4-3-5-15(16)21-17(19)20-10-13-9-14(18)8-7-12(13)11-25(2,22)23/h3-9H,10-11H2,1-2H3,(H3,19,20,21). The van der Waals surface area contributed by atoms with E-state index < -0.39 is 15.7 Å². The van der Waals surface area contributed by atoms with Crippen LogP contribution in [0, 0.1) is 5.82 Å². The van der Waals surface area contributed by atoms with E-state index >= 15 is 0 Å². The van der Waals surface area contributed by atoms with Crippen molar-refractivity contribution in [3.63, 3.8) is 0 Å². The molecule has 2 rings (SSSR count). The lowest BCUT2D eigenvalue weighted by Gasteiger charge is -2.11. The third-order valence-corrected chi connectivity index (χ3v) is 4.21. The van der Waals surface area contributed by atoms with E-state index in [2.05, 4.69) is 10.3 Å². The van der Waals surface area contributed by atoms with E-state index in [1.807, 2.05) is 12.1 Å². The summed E-state index contributed by atoms with van der Waals surface area (Å²) in [5, 5.41) is 2.90. The van der Waals surface area contributed by atoms with E-state index in [4.69, 9.17) is 10.5 Å². The van der Waals surface area contributed by atoms with Crippen molar-refractivity contribution in [1.82, 2.24) is 0 Å². The first-order chi connectivity index (χ1) is 11.8. The topological polar surface area (TPSA) is 93.8 Å². The van der Waals surface area contributed by atoms with Gasteiger partial charge < -0.3 is 15.8 Å². The Morgan fingerprint density at radius 1 is 1.24 bits per heavy atom. The van der Waals surface area contributed by atoms with Gasteiger partial charge in [-0.1, -0.05) is 18.2 Å². The van der Waals surface area contributed by atoms with E-state index in [1.54, 1.807) is 12.1 Å². The van der Waals surface area contributed by atoms with Crippen LogP contribution in [0.1, 0.15) is 11.1 Å². The minimum Gasteiger partial charge on any atom is -0.495 e. The number of methoxy groups -OCH3 is 1. The number of rotatable bonds is 6. The molecule has 134 valence electrons. The van der Waals surface area contributed by atoms with Gasteiger partial charge in [0.2, 0.25) is 0 Å². The van der Waals surface area contributed by atoms with E-state index in [9.17, 15) is 12.8 Å². The number of sulfone groups is 1. The van der Waals surface area contributed by atoms with Gasteiger partial charge in [-0.2, -0.15) is 0 Å². The molecule has 3 N–H and O–H groups in total. The Morgan fingerprint density at radius 3 is 2.64 bits per heavy atom. The van der Waals surface area contributed by atoms with E-state index in [0.717, 1.165) is 6.26 Å². The molecule has 0 saturated carbocycles. The number of nitrogens with zero attached hydrogens (tertiary/aromatic N) is 1. The molecule has 0 unspecified atom stereocenters. The summed E-state index contributed by atoms with van der Waals surface area (Å²) < 4.78 is 41.7. The van der Waals surface area contributed by atoms with Gasteiger partial charge in [-0.15, -0.1) is 0 Å². The SMILES string of the molecule is COc1ccccc1NC(N)=NCc1cc(F)ccc1CS(C)(=O)=O. The molecule has 0 aliphatic heterocycles. The smallest absolute Gasteiger partial charge is 0.193 e. The van der Waals surface area contributed by atoms with Crippen molar-refractivity contribution in [3.8, 4) is 5.75 Å². The quantitative estimate of drug-likeness (QED) is 0.605. The lowest BCUT2D eigenvalue weighted by Crippen LogP contribution is -2.23. The van der Waals surface area contributed by atoms with Gasteiger partial charge in [-0.3, -0.25) is 0 Å². The number of nitrogens with two attached hydrogens (primary N) is 1. The van der Waals surface area contributed by atoms with Gasteiger partial charge in [0.05, 0.1) is 25.1 Å². The Morgan fingerprint density at radius 2 is 1.96 bits per heavy atom. The fourth-order valence-electron chi connectivity index (χ4n) is 2.26. The maximum atomic E-state index is 13.5. The number of anilines is 1. The lowest BCUT2D eigenvalue weighted by atomic mass is 10.1. The molecule has 0 amide bonds. The largest absolute Gasteiger partial charge is 0.495 e. The molecule has 0 aliphatic carbocycles. The van der Waals surface area contributed by atoms with Crippen molar-refractivity contribution in [2.24, 2.45) is 10.7 Å². The van der Waals surface area contributed by atoms with Crippen LogP contribution in [-0.2, 0) is 22.1 Å². The molecular weight excluding hydrogens is 345 g/mol. The average Bonchev–Trinajstić information content (AvgIpc) is 2.54. The van der Waals surface area contributed by atoms with Gasteiger partial charge in [0.1, 0.15) is 11.6 Å². The van der Waals surface area contributed by atoms with Crippen LogP contribution in [0.25, 0.3) is 0 Å². The van der Waals surface area contributed by atoms with E-state index in [-0.39, 0.29) is 18.3 Å². The van der Waals surface area contributed by atoms with Crippen LogP contribution in [-0.4, -0.2) is 27.7 Å². The van der Waals surface area contributed by atoms with Crippen molar-refractivity contribution in [2.45, 2.75) is 12.3 Å². The average molecular weight is 365 g/mol. The molecular formula is C17H20FN3O3S. The number of benzene rings is 2. The van der Waals surface area contributed by atoms with Gasteiger partial charge in [0.15, 0.2) is 15.8 Å². The summed E-state index contributed by atoms with van der Waals surface area (Å²) in [5.74, 6) is 0.0692. The minimum absolute atomic E-state index is 0.0522. The first-order valence-corrected chi connectivity index (χ1v) is 9.49. The fraction of sp³-hybridized carbons (Fsp3) is 0.235. The summed E-state index contributed by atoms with van der Waals surface area (Å²) in [6.45, 7) is 0.0522. The highest BCUT2D eigenvalue weighted by atomic mass is 32.2. The second-order valence-electron chi connectivity index (χ2n) is 5.51. The minimum atomic E-state index is -3.24. The second-order valence-corrected chi connectivity index (χ2v) is 7.65. The molecule has 0 aromatic heterocycles. The van der Waals surface area contributed by atoms with Crippen LogP contribution in [0.4, 0.5) is 10.1 Å². The molecule has 0 heterocycles. The number of para-hydroxylation sites is 2. The van der Waals surface area contributed by atoms with Crippen LogP contribution in [0.2, 0.25) is 0 Å². The number of hydrogen-bond acceptors (Lipinski definition) is 4. The fourth-order valence-corrected chi connectivity index (χ4v) is 3.11. The molecule has 8 heteroatoms. The monoisotopic (exact) mass is 365 g/mol. The van der Waals surface area contributed by atoms with Gasteiger partial charge in [-0.25, -0.2) is 17.8 Å². The molecule has 2 aromatic rings. The molecule has 0 spiro atoms. The molecule has 25 heavy (non-hydrogen) atoms. The van der Waals surface area contributed by atoms with Crippen molar-refractivity contribution >= 4 is 21.5 Å². The highest BCUT2D eigenvalue weighted by molar-refractivity contribution is 7.89. The van der Waals surface area contributed by atoms with Crippen molar-refractivity contribution in [1.29, 1.82) is 0 Å². The van der Waals surface area contributed by atoms with Crippen molar-refractivity contribution in [3.05, 3.63) is 59.4 Å². The highest BCUT2D eigenvalue weighted by Crippen LogP contribution is 2.22. The Kier molecular flexibility index (Phi) is 5.97. The summed E-state index contributed by atoms with van der Waals surface area (Å²) in [7, 11) is -1.70. The zero-order chi connectivity index (χ0) is 18.4. The second kappa shape index (κ2) is 7.98. The Bertz CT molecular complexity index is 882. The summed E-state index contributed by atoms with van der Waals surface area (Å²) >= 11 is 0. The summed E-state index contributed by atoms with van der Waals surface area (Å²) in [4.78, 5) is 4.16. The lowest BCUT2D eigenvalue weighted by molar-refractivity contribution is 0.417. The van der Waals surface area contributed by atoms with Crippen molar-refractivity contribution in [2.75, 3.05) is 18.7 Å². The number of guanidine groups is 1. The van der Waals surface area contributed by atoms with Crippen LogP contribution in [0.5, 0.6) is 5.75 Å². The van der Waals surface area contributed by atoms with Crippen LogP contribution in [0.15, 0.2) is 47.5 Å². The number of hydrogen-bond donors (Lipinski definition) is 2. The van der Waals surface area contributed by atoms with E-state index in [0.29, 0.717) is 22.6 Å². The van der Waals surface area contributed by atoms with Gasteiger partial charge in [-0.05, 0) is 35.4 Å². The molecule has 0 bridgehead atoms. The number of nitrogens with one attached hydrogen (secondary N) is 1. The predicted octanol–water partition coefficient (Wildman–Crippen LogP) is 2.31. The van der Waals surface area contributed by atoms with Crippen molar-refractivity contribution < 1.29 is 17.5 Å². The number of ether oxygens (including phenoxy) is 1. The predicted molar refractivity (Wildman–Crippen MR) is 96.9 cm³/mol. The molecule has 2 aromatic carbocycles. The Balaban J connectivity index is 2.19. The molecule has 0 atom stereocenters. The number of aliphatic imine (C=N–C) groups is 1. The molecule has 6 nitrogen and oxygen atoms in total. The molecule has 0 fully saturated rings. The van der Waals surface area contributed by atoms with Gasteiger partial charge >= 0.3 is 0 Å². The molecule has 0 saturated heterocycles. The zero-order valence-electron chi connectivity index (χ0n) is 14.0. The first kappa shape index (κ1) is 18.7. The number of halogens is 1. The highest BCUT2D eigenvalue weighted by Gasteiger charge is 2.11. The van der Waals surface area contributed by atoms with Gasteiger partial charge in [0.25, 0.3) is 0 Å². The maximum Gasteiger partial charge on any atom is 0.193 e. The van der Waals surface area contributed by atoms with Crippen LogP contribution in [0.3, 0.4) is 0 Å². The summed E-state index contributed by atoms with van der Waals surface area (Å²) in [6.07, 6.45) is 1.13. The van der Waals surface area contributed by atoms with Gasteiger partial charge in [0, 0.05) is 6.26 Å². The normalized spacial score (nSPS) is 12.0. The Hall–Kier alpha value is -2.61. The zero-order valence-corrected chi connectivity index (χ0v) is 14.8.